The number of fused-ring (bicyclic) bond motifs is 1. The summed E-state index contributed by atoms with van der Waals surface area (Å²) in [5.74, 6) is 1.13. The number of hydrogen-bond acceptors (Lipinski definition) is 3. The highest BCUT2D eigenvalue weighted by Crippen LogP contribution is 2.60. The number of aromatic nitrogens is 1. The van der Waals surface area contributed by atoms with Crippen LogP contribution in [0.5, 0.6) is 0 Å². The van der Waals surface area contributed by atoms with E-state index in [1.807, 2.05) is 55.5 Å². The monoisotopic (exact) mass is 469 g/mol. The van der Waals surface area contributed by atoms with Crippen LogP contribution < -0.4 is 0 Å². The van der Waals surface area contributed by atoms with Gasteiger partial charge in [-0.3, -0.25) is 9.59 Å². The molecule has 2 bridgehead atoms. The first-order valence-corrected chi connectivity index (χ1v) is 12.2. The molecule has 4 aromatic rings. The minimum absolute atomic E-state index is 0.136. The van der Waals surface area contributed by atoms with E-state index in [0.717, 1.165) is 49.4 Å². The molecule has 4 aliphatic rings. The molecule has 0 spiro atoms. The number of benzene rings is 3. The summed E-state index contributed by atoms with van der Waals surface area (Å²) in [4.78, 5) is 27.6. The third-order valence-electron chi connectivity index (χ3n) is 8.26. The average molecular weight is 470 g/mol. The lowest BCUT2D eigenvalue weighted by atomic mass is 9.55. The van der Waals surface area contributed by atoms with Gasteiger partial charge in [-0.15, -0.1) is 6.42 Å². The van der Waals surface area contributed by atoms with Gasteiger partial charge in [-0.2, -0.15) is 10.1 Å². The number of imide groups is 1. The van der Waals surface area contributed by atoms with Crippen molar-refractivity contribution < 1.29 is 9.59 Å². The minimum atomic E-state index is -0.437. The number of nitrogens with zero attached hydrogens (tertiary/aromatic N) is 3. The maximum absolute atomic E-state index is 13.8. The molecule has 8 rings (SSSR count). The number of hydrogen-bond donors (Lipinski definition) is 0. The fourth-order valence-corrected chi connectivity index (χ4v) is 6.81. The summed E-state index contributed by atoms with van der Waals surface area (Å²) in [6.07, 6.45) is 7.26. The highest BCUT2D eigenvalue weighted by Gasteiger charge is 2.61. The van der Waals surface area contributed by atoms with Crippen LogP contribution >= 0.6 is 0 Å². The lowest BCUT2D eigenvalue weighted by Gasteiger charge is -2.45. The summed E-state index contributed by atoms with van der Waals surface area (Å²) in [5, 5.41) is 6.65. The predicted octanol–water partition coefficient (Wildman–Crippen LogP) is 4.81. The van der Waals surface area contributed by atoms with E-state index in [-0.39, 0.29) is 23.7 Å². The standard InChI is InChI=1S/C31H23N3O2/c1-3-16-33-18(2)24(19-10-8-9-15-25(19)33)17-32-34-30(35)28-26-20-11-4-5-12-21(20)27(29(28)31(34)36)23-14-7-6-13-22(23)26/h1,4-15,17,26-29H,16H2,2H3/b32-17-/t26?,27?,28-,29+. The number of carbonyl (C=O) groups excluding carboxylic acids is 2. The van der Waals surface area contributed by atoms with E-state index in [1.54, 1.807) is 6.21 Å². The van der Waals surface area contributed by atoms with E-state index >= 15 is 0 Å². The zero-order valence-corrected chi connectivity index (χ0v) is 19.8. The molecule has 1 saturated heterocycles. The van der Waals surface area contributed by atoms with Crippen LogP contribution in [0.2, 0.25) is 0 Å². The molecule has 1 fully saturated rings. The van der Waals surface area contributed by atoms with Gasteiger partial charge in [-0.1, -0.05) is 72.7 Å². The molecule has 1 aliphatic heterocycles. The Morgan fingerprint density at radius 3 is 1.86 bits per heavy atom. The Labute approximate surface area is 209 Å². The molecule has 2 amide bonds. The quantitative estimate of drug-likeness (QED) is 0.246. The second kappa shape index (κ2) is 7.53. The molecule has 0 unspecified atom stereocenters. The molecule has 5 heteroatoms. The lowest BCUT2D eigenvalue weighted by Crippen LogP contribution is -2.41. The maximum Gasteiger partial charge on any atom is 0.254 e. The number of amides is 2. The Hall–Kier alpha value is -4.43. The molecule has 174 valence electrons. The topological polar surface area (TPSA) is 54.7 Å². The summed E-state index contributed by atoms with van der Waals surface area (Å²) in [6, 6.07) is 24.4. The third-order valence-corrected chi connectivity index (χ3v) is 8.26. The van der Waals surface area contributed by atoms with Crippen molar-refractivity contribution in [2.75, 3.05) is 0 Å². The summed E-state index contributed by atoms with van der Waals surface area (Å²) < 4.78 is 2.05. The molecule has 1 aromatic heterocycles. The van der Waals surface area contributed by atoms with E-state index in [1.165, 1.54) is 0 Å². The minimum Gasteiger partial charge on any atom is -0.333 e. The number of hydrazone groups is 1. The number of para-hydroxylation sites is 1. The van der Waals surface area contributed by atoms with Gasteiger partial charge in [-0.05, 0) is 35.2 Å². The van der Waals surface area contributed by atoms with Gasteiger partial charge in [0.1, 0.15) is 0 Å². The Morgan fingerprint density at radius 1 is 0.833 bits per heavy atom. The lowest BCUT2D eigenvalue weighted by molar-refractivity contribution is -0.139. The normalized spacial score (nSPS) is 23.7. The van der Waals surface area contributed by atoms with Crippen molar-refractivity contribution in [2.24, 2.45) is 16.9 Å². The maximum atomic E-state index is 13.8. The van der Waals surface area contributed by atoms with E-state index < -0.39 is 11.8 Å². The van der Waals surface area contributed by atoms with Crippen LogP contribution in [-0.2, 0) is 16.1 Å². The highest BCUT2D eigenvalue weighted by atomic mass is 16.2. The smallest absolute Gasteiger partial charge is 0.254 e. The van der Waals surface area contributed by atoms with Gasteiger partial charge in [0, 0.05) is 34.0 Å². The van der Waals surface area contributed by atoms with Crippen LogP contribution in [0.3, 0.4) is 0 Å². The van der Waals surface area contributed by atoms with Gasteiger partial charge in [-0.25, -0.2) is 0 Å². The Bertz CT molecular complexity index is 1560. The van der Waals surface area contributed by atoms with Gasteiger partial charge < -0.3 is 4.57 Å². The molecule has 2 atom stereocenters. The first-order chi connectivity index (χ1) is 17.6. The molecule has 2 heterocycles. The van der Waals surface area contributed by atoms with Crippen LogP contribution in [0.4, 0.5) is 0 Å². The van der Waals surface area contributed by atoms with Crippen molar-refractivity contribution >= 4 is 28.9 Å². The Balaban J connectivity index is 1.33. The number of terminal acetylenes is 1. The molecule has 3 aromatic carbocycles. The SMILES string of the molecule is C#CCn1c(C)c(/C=N\N2C(=O)[C@@H]3C4c5ccccc5C(c5ccccc54)[C@@H]3C2=O)c2ccccc21. The summed E-state index contributed by atoms with van der Waals surface area (Å²) in [7, 11) is 0. The second-order valence-electron chi connectivity index (χ2n) is 9.80. The molecule has 3 aliphatic carbocycles. The molecule has 0 radical (unpaired) electrons. The molecule has 0 saturated carbocycles. The molecular formula is C31H23N3O2. The number of carbonyl (C=O) groups is 2. The van der Waals surface area contributed by atoms with Crippen molar-refractivity contribution in [2.45, 2.75) is 25.3 Å². The molecule has 36 heavy (non-hydrogen) atoms. The van der Waals surface area contributed by atoms with Crippen molar-refractivity contribution in [3.63, 3.8) is 0 Å². The van der Waals surface area contributed by atoms with Crippen molar-refractivity contribution in [3.8, 4) is 12.3 Å². The summed E-state index contributed by atoms with van der Waals surface area (Å²) in [5.41, 5.74) is 7.45. The first kappa shape index (κ1) is 20.9. The van der Waals surface area contributed by atoms with Gasteiger partial charge in [0.05, 0.1) is 24.6 Å². The van der Waals surface area contributed by atoms with E-state index in [2.05, 4.69) is 39.9 Å². The van der Waals surface area contributed by atoms with Crippen LogP contribution in [0.25, 0.3) is 10.9 Å². The largest absolute Gasteiger partial charge is 0.333 e. The fourth-order valence-electron chi connectivity index (χ4n) is 6.81. The zero-order chi connectivity index (χ0) is 24.6. The van der Waals surface area contributed by atoms with Gasteiger partial charge in [0.2, 0.25) is 0 Å². The van der Waals surface area contributed by atoms with Gasteiger partial charge in [0.25, 0.3) is 11.8 Å². The average Bonchev–Trinajstić information content (AvgIpc) is 3.33. The zero-order valence-electron chi connectivity index (χ0n) is 19.8. The van der Waals surface area contributed by atoms with Crippen LogP contribution in [-0.4, -0.2) is 27.6 Å². The second-order valence-corrected chi connectivity index (χ2v) is 9.80. The number of rotatable bonds is 3. The molecule has 5 nitrogen and oxygen atoms in total. The Kier molecular flexibility index (Phi) is 4.37. The van der Waals surface area contributed by atoms with Crippen LogP contribution in [0, 0.1) is 31.1 Å². The highest BCUT2D eigenvalue weighted by molar-refractivity contribution is 6.09. The van der Waals surface area contributed by atoms with Gasteiger partial charge >= 0.3 is 0 Å². The van der Waals surface area contributed by atoms with E-state index in [9.17, 15) is 9.59 Å². The van der Waals surface area contributed by atoms with Crippen molar-refractivity contribution in [3.05, 3.63) is 106 Å². The van der Waals surface area contributed by atoms with Crippen LogP contribution in [0.15, 0.2) is 77.9 Å². The van der Waals surface area contributed by atoms with Crippen molar-refractivity contribution in [1.82, 2.24) is 9.58 Å². The predicted molar refractivity (Wildman–Crippen MR) is 139 cm³/mol. The van der Waals surface area contributed by atoms with Gasteiger partial charge in [0.15, 0.2) is 0 Å². The van der Waals surface area contributed by atoms with E-state index in [4.69, 9.17) is 6.42 Å². The fraction of sp³-hybridized carbons (Fsp3) is 0.194. The van der Waals surface area contributed by atoms with E-state index in [0.29, 0.717) is 6.54 Å². The Morgan fingerprint density at radius 2 is 1.33 bits per heavy atom. The molecule has 0 N–H and O–H groups in total. The third kappa shape index (κ3) is 2.59. The summed E-state index contributed by atoms with van der Waals surface area (Å²) in [6.45, 7) is 2.42. The first-order valence-electron chi connectivity index (χ1n) is 12.2. The molecular weight excluding hydrogens is 446 g/mol. The van der Waals surface area contributed by atoms with Crippen molar-refractivity contribution in [1.29, 1.82) is 0 Å². The summed E-state index contributed by atoms with van der Waals surface area (Å²) >= 11 is 0. The van der Waals surface area contributed by atoms with Crippen LogP contribution in [0.1, 0.15) is 45.3 Å².